The predicted octanol–water partition coefficient (Wildman–Crippen LogP) is 3.84. The molecule has 0 N–H and O–H groups in total. The Hall–Kier alpha value is -1.20. The molecule has 1 aromatic heterocycles. The number of methoxy groups -OCH3 is 1. The fourth-order valence-electron chi connectivity index (χ4n) is 3.27. The summed E-state index contributed by atoms with van der Waals surface area (Å²) in [5, 5.41) is 0. The first kappa shape index (κ1) is 14.7. The zero-order valence-electron chi connectivity index (χ0n) is 11.8. The highest BCUT2D eigenvalue weighted by molar-refractivity contribution is 6.17. The van der Waals surface area contributed by atoms with Crippen LogP contribution in [0.25, 0.3) is 11.0 Å². The number of hydrogen-bond acceptors (Lipinski definition) is 2. The summed E-state index contributed by atoms with van der Waals surface area (Å²) in [6.45, 7) is 0. The molecule has 0 amide bonds. The van der Waals surface area contributed by atoms with Gasteiger partial charge in [-0.15, -0.1) is 11.6 Å². The molecule has 1 aromatic carbocycles. The lowest BCUT2D eigenvalue weighted by atomic mass is 10.2. The third-order valence-corrected chi connectivity index (χ3v) is 4.38. The van der Waals surface area contributed by atoms with Gasteiger partial charge in [-0.25, -0.2) is 13.8 Å². The number of rotatable bonds is 4. The molecule has 0 radical (unpaired) electrons. The Morgan fingerprint density at radius 3 is 2.90 bits per heavy atom. The van der Waals surface area contributed by atoms with Crippen LogP contribution in [0.2, 0.25) is 0 Å². The second-order valence-corrected chi connectivity index (χ2v) is 5.72. The van der Waals surface area contributed by atoms with Crippen LogP contribution in [-0.2, 0) is 11.2 Å². The molecule has 114 valence electrons. The molecule has 0 spiro atoms. The Morgan fingerprint density at radius 1 is 1.38 bits per heavy atom. The molecule has 1 fully saturated rings. The van der Waals surface area contributed by atoms with Gasteiger partial charge in [0.25, 0.3) is 0 Å². The second-order valence-electron chi connectivity index (χ2n) is 5.34. The zero-order valence-corrected chi connectivity index (χ0v) is 12.5. The van der Waals surface area contributed by atoms with E-state index >= 15 is 0 Å². The van der Waals surface area contributed by atoms with Gasteiger partial charge in [0.1, 0.15) is 11.3 Å². The summed E-state index contributed by atoms with van der Waals surface area (Å²) in [5.74, 6) is -0.619. The van der Waals surface area contributed by atoms with Crippen LogP contribution in [0.4, 0.5) is 8.78 Å². The van der Waals surface area contributed by atoms with Crippen molar-refractivity contribution in [2.24, 2.45) is 0 Å². The number of hydrogen-bond donors (Lipinski definition) is 0. The van der Waals surface area contributed by atoms with E-state index in [1.807, 2.05) is 0 Å². The summed E-state index contributed by atoms with van der Waals surface area (Å²) < 4.78 is 35.2. The average molecular weight is 315 g/mol. The highest BCUT2D eigenvalue weighted by atomic mass is 35.5. The molecule has 1 aliphatic rings. The average Bonchev–Trinajstić information content (AvgIpc) is 3.07. The summed E-state index contributed by atoms with van der Waals surface area (Å²) in [6.07, 6.45) is 3.30. The smallest absolute Gasteiger partial charge is 0.184 e. The molecule has 2 aromatic rings. The van der Waals surface area contributed by atoms with Crippen LogP contribution < -0.4 is 0 Å². The van der Waals surface area contributed by atoms with E-state index in [1.165, 1.54) is 6.07 Å². The Balaban J connectivity index is 2.22. The third kappa shape index (κ3) is 2.42. The molecule has 0 bridgehead atoms. The first-order valence-corrected chi connectivity index (χ1v) is 7.64. The maximum Gasteiger partial charge on any atom is 0.184 e. The van der Waals surface area contributed by atoms with Crippen LogP contribution in [-0.4, -0.2) is 28.6 Å². The van der Waals surface area contributed by atoms with Gasteiger partial charge in [0.15, 0.2) is 11.6 Å². The van der Waals surface area contributed by atoms with Crippen molar-refractivity contribution in [3.05, 3.63) is 29.6 Å². The van der Waals surface area contributed by atoms with Gasteiger partial charge in [-0.3, -0.25) is 0 Å². The van der Waals surface area contributed by atoms with E-state index in [0.29, 0.717) is 23.6 Å². The Labute approximate surface area is 126 Å². The maximum atomic E-state index is 14.3. The lowest BCUT2D eigenvalue weighted by Gasteiger charge is -2.22. The van der Waals surface area contributed by atoms with E-state index in [9.17, 15) is 8.78 Å². The van der Waals surface area contributed by atoms with Crippen LogP contribution in [0, 0.1) is 11.6 Å². The lowest BCUT2D eigenvalue weighted by molar-refractivity contribution is 0.0751. The van der Waals surface area contributed by atoms with E-state index in [0.717, 1.165) is 25.3 Å². The first-order chi connectivity index (χ1) is 10.2. The molecule has 3 nitrogen and oxygen atoms in total. The second kappa shape index (κ2) is 5.89. The van der Waals surface area contributed by atoms with E-state index in [4.69, 9.17) is 16.3 Å². The molecular weight excluding hydrogens is 298 g/mol. The van der Waals surface area contributed by atoms with Crippen molar-refractivity contribution >= 4 is 22.6 Å². The van der Waals surface area contributed by atoms with Gasteiger partial charge in [0.2, 0.25) is 0 Å². The summed E-state index contributed by atoms with van der Waals surface area (Å²) in [7, 11) is 1.65. The lowest BCUT2D eigenvalue weighted by Crippen LogP contribution is -2.23. The Morgan fingerprint density at radius 2 is 2.19 bits per heavy atom. The third-order valence-electron chi connectivity index (χ3n) is 4.19. The van der Waals surface area contributed by atoms with Crippen LogP contribution in [0.5, 0.6) is 0 Å². The van der Waals surface area contributed by atoms with E-state index in [2.05, 4.69) is 4.98 Å². The number of imidazole rings is 1. The van der Waals surface area contributed by atoms with Crippen molar-refractivity contribution in [3.8, 4) is 0 Å². The Kier molecular flexibility index (Phi) is 4.13. The van der Waals surface area contributed by atoms with Crippen molar-refractivity contribution in [2.75, 3.05) is 13.0 Å². The summed E-state index contributed by atoms with van der Waals surface area (Å²) in [4.78, 5) is 4.43. The van der Waals surface area contributed by atoms with Crippen molar-refractivity contribution in [3.63, 3.8) is 0 Å². The van der Waals surface area contributed by atoms with Crippen molar-refractivity contribution in [1.82, 2.24) is 9.55 Å². The standard InChI is InChI=1S/C15H17ClF2N2O/c1-21-12-4-2-3-11(12)20-13(7-8-16)19-10-6-5-9(17)14(18)15(10)20/h5-6,11-12H,2-4,7-8H2,1H3. The molecule has 0 saturated heterocycles. The van der Waals surface area contributed by atoms with Crippen LogP contribution >= 0.6 is 11.6 Å². The molecule has 1 saturated carbocycles. The van der Waals surface area contributed by atoms with Crippen molar-refractivity contribution in [2.45, 2.75) is 37.8 Å². The quantitative estimate of drug-likeness (QED) is 0.802. The minimum atomic E-state index is -0.854. The molecule has 21 heavy (non-hydrogen) atoms. The molecule has 2 atom stereocenters. The molecule has 3 rings (SSSR count). The summed E-state index contributed by atoms with van der Waals surface area (Å²) in [5.41, 5.74) is 0.694. The molecule has 0 aliphatic heterocycles. The van der Waals surface area contributed by atoms with Gasteiger partial charge in [0.05, 0.1) is 17.7 Å². The monoisotopic (exact) mass is 314 g/mol. The van der Waals surface area contributed by atoms with Gasteiger partial charge in [-0.2, -0.15) is 0 Å². The highest BCUT2D eigenvalue weighted by Crippen LogP contribution is 2.36. The zero-order chi connectivity index (χ0) is 15.0. The number of ether oxygens (including phenoxy) is 1. The number of benzene rings is 1. The largest absolute Gasteiger partial charge is 0.379 e. The van der Waals surface area contributed by atoms with Gasteiger partial charge >= 0.3 is 0 Å². The van der Waals surface area contributed by atoms with Crippen molar-refractivity contribution in [1.29, 1.82) is 0 Å². The predicted molar refractivity (Wildman–Crippen MR) is 77.8 cm³/mol. The fraction of sp³-hybridized carbons (Fsp3) is 0.533. The van der Waals surface area contributed by atoms with E-state index in [-0.39, 0.29) is 17.7 Å². The van der Waals surface area contributed by atoms with Crippen LogP contribution in [0.3, 0.4) is 0 Å². The molecular formula is C15H17ClF2N2O. The molecule has 1 aliphatic carbocycles. The Bertz CT molecular complexity index is 659. The first-order valence-electron chi connectivity index (χ1n) is 7.11. The van der Waals surface area contributed by atoms with Crippen LogP contribution in [0.1, 0.15) is 31.1 Å². The highest BCUT2D eigenvalue weighted by Gasteiger charge is 2.32. The van der Waals surface area contributed by atoms with Gasteiger partial charge in [0, 0.05) is 19.4 Å². The minimum Gasteiger partial charge on any atom is -0.379 e. The molecule has 6 heteroatoms. The summed E-state index contributed by atoms with van der Waals surface area (Å²) in [6, 6.07) is 2.61. The van der Waals surface area contributed by atoms with Crippen LogP contribution in [0.15, 0.2) is 12.1 Å². The summed E-state index contributed by atoms with van der Waals surface area (Å²) >= 11 is 5.83. The fourth-order valence-corrected chi connectivity index (χ4v) is 3.43. The van der Waals surface area contributed by atoms with Gasteiger partial charge < -0.3 is 9.30 Å². The number of aromatic nitrogens is 2. The van der Waals surface area contributed by atoms with E-state index in [1.54, 1.807) is 11.7 Å². The SMILES string of the molecule is COC1CCCC1n1c(CCCl)nc2ccc(F)c(F)c21. The number of halogens is 3. The van der Waals surface area contributed by atoms with E-state index < -0.39 is 11.6 Å². The molecule has 2 unspecified atom stereocenters. The molecule has 1 heterocycles. The number of nitrogens with zero attached hydrogens (tertiary/aromatic N) is 2. The topological polar surface area (TPSA) is 27.1 Å². The minimum absolute atomic E-state index is 0.000794. The van der Waals surface area contributed by atoms with Gasteiger partial charge in [-0.05, 0) is 31.4 Å². The number of fused-ring (bicyclic) bond motifs is 1. The van der Waals surface area contributed by atoms with Gasteiger partial charge in [-0.1, -0.05) is 0 Å². The number of aryl methyl sites for hydroxylation is 1. The normalized spacial score (nSPS) is 22.3. The number of alkyl halides is 1. The maximum absolute atomic E-state index is 14.3. The van der Waals surface area contributed by atoms with Crippen molar-refractivity contribution < 1.29 is 13.5 Å².